The van der Waals surface area contributed by atoms with Gasteiger partial charge in [-0.05, 0) is 18.6 Å². The first-order valence-electron chi connectivity index (χ1n) is 5.73. The first-order chi connectivity index (χ1) is 8.40. The monoisotopic (exact) mass is 248 g/mol. The normalized spacial score (nSPS) is 10.2. The summed E-state index contributed by atoms with van der Waals surface area (Å²) in [6.07, 6.45) is 1.01. The van der Waals surface area contributed by atoms with Gasteiger partial charge in [-0.2, -0.15) is 0 Å². The van der Waals surface area contributed by atoms with Crippen molar-refractivity contribution in [1.29, 1.82) is 0 Å². The molecule has 90 valence electrons. The lowest BCUT2D eigenvalue weighted by molar-refractivity contribution is 0.319. The summed E-state index contributed by atoms with van der Waals surface area (Å²) in [5.41, 5.74) is 3.92. The molecule has 2 rings (SSSR count). The zero-order valence-corrected chi connectivity index (χ0v) is 10.7. The first kappa shape index (κ1) is 11.9. The summed E-state index contributed by atoms with van der Waals surface area (Å²) >= 11 is 1.61. The van der Waals surface area contributed by atoms with E-state index < -0.39 is 0 Å². The van der Waals surface area contributed by atoms with Gasteiger partial charge in [0.2, 0.25) is 0 Å². The van der Waals surface area contributed by atoms with Crippen molar-refractivity contribution in [3.8, 4) is 5.75 Å². The van der Waals surface area contributed by atoms with E-state index in [0.717, 1.165) is 36.7 Å². The molecule has 0 amide bonds. The second kappa shape index (κ2) is 6.25. The molecule has 0 spiro atoms. The van der Waals surface area contributed by atoms with Gasteiger partial charge in [-0.1, -0.05) is 19.1 Å². The highest BCUT2D eigenvalue weighted by Gasteiger charge is 2.02. The molecular weight excluding hydrogens is 232 g/mol. The Morgan fingerprint density at radius 3 is 3.00 bits per heavy atom. The van der Waals surface area contributed by atoms with Gasteiger partial charge in [0.25, 0.3) is 0 Å². The van der Waals surface area contributed by atoms with Crippen molar-refractivity contribution in [2.45, 2.75) is 19.9 Å². The fourth-order valence-corrected chi connectivity index (χ4v) is 2.02. The summed E-state index contributed by atoms with van der Waals surface area (Å²) in [5, 5.41) is 5.39. The van der Waals surface area contributed by atoms with Crippen LogP contribution in [0.3, 0.4) is 0 Å². The molecule has 1 aromatic heterocycles. The van der Waals surface area contributed by atoms with Crippen LogP contribution < -0.4 is 10.1 Å². The van der Waals surface area contributed by atoms with Gasteiger partial charge in [0.1, 0.15) is 5.75 Å². The van der Waals surface area contributed by atoms with Crippen molar-refractivity contribution in [2.75, 3.05) is 11.9 Å². The summed E-state index contributed by atoms with van der Waals surface area (Å²) in [4.78, 5) is 4.24. The maximum atomic E-state index is 5.68. The van der Waals surface area contributed by atoms with E-state index in [1.54, 1.807) is 11.3 Å². The van der Waals surface area contributed by atoms with Crippen molar-refractivity contribution in [3.63, 3.8) is 0 Å². The zero-order valence-electron chi connectivity index (χ0n) is 9.85. The summed E-state index contributed by atoms with van der Waals surface area (Å²) in [6, 6.07) is 8.00. The van der Waals surface area contributed by atoms with Gasteiger partial charge in [0, 0.05) is 5.38 Å². The Labute approximate surface area is 105 Å². The number of hydrogen-bond acceptors (Lipinski definition) is 4. The van der Waals surface area contributed by atoms with Crippen LogP contribution in [0.1, 0.15) is 19.0 Å². The molecule has 0 fully saturated rings. The van der Waals surface area contributed by atoms with Crippen molar-refractivity contribution < 1.29 is 4.74 Å². The van der Waals surface area contributed by atoms with E-state index in [-0.39, 0.29) is 0 Å². The number of anilines is 1. The van der Waals surface area contributed by atoms with E-state index in [2.05, 4.69) is 17.2 Å². The average molecular weight is 248 g/mol. The minimum Gasteiger partial charge on any atom is -0.491 e. The van der Waals surface area contributed by atoms with E-state index in [9.17, 15) is 0 Å². The highest BCUT2D eigenvalue weighted by molar-refractivity contribution is 7.07. The van der Waals surface area contributed by atoms with Crippen molar-refractivity contribution in [1.82, 2.24) is 4.98 Å². The Kier molecular flexibility index (Phi) is 4.38. The van der Waals surface area contributed by atoms with Crippen LogP contribution in [0.5, 0.6) is 5.75 Å². The van der Waals surface area contributed by atoms with E-state index in [1.165, 1.54) is 0 Å². The number of ether oxygens (including phenoxy) is 1. The second-order valence-corrected chi connectivity index (χ2v) is 4.40. The topological polar surface area (TPSA) is 34.1 Å². The van der Waals surface area contributed by atoms with Crippen LogP contribution in [0.2, 0.25) is 0 Å². The smallest absolute Gasteiger partial charge is 0.142 e. The molecule has 0 saturated carbocycles. The van der Waals surface area contributed by atoms with Crippen molar-refractivity contribution in [3.05, 3.63) is 40.8 Å². The first-order valence-corrected chi connectivity index (χ1v) is 6.67. The number of nitrogens with zero attached hydrogens (tertiary/aromatic N) is 1. The molecular formula is C13H16N2OS. The molecule has 0 atom stereocenters. The molecule has 0 unspecified atom stereocenters. The van der Waals surface area contributed by atoms with Gasteiger partial charge in [0.15, 0.2) is 0 Å². The van der Waals surface area contributed by atoms with Crippen molar-refractivity contribution >= 4 is 17.0 Å². The molecule has 1 heterocycles. The minimum atomic E-state index is 0.732. The molecule has 0 radical (unpaired) electrons. The molecule has 0 aliphatic heterocycles. The number of thiazole rings is 1. The molecule has 17 heavy (non-hydrogen) atoms. The van der Waals surface area contributed by atoms with Gasteiger partial charge in [0.05, 0.1) is 30.0 Å². The molecule has 0 aliphatic carbocycles. The predicted molar refractivity (Wildman–Crippen MR) is 71.7 cm³/mol. The molecule has 0 bridgehead atoms. The molecule has 4 heteroatoms. The van der Waals surface area contributed by atoms with Crippen LogP contribution in [0, 0.1) is 0 Å². The number of nitrogens with one attached hydrogen (secondary N) is 1. The Hall–Kier alpha value is -1.55. The second-order valence-electron chi connectivity index (χ2n) is 3.68. The van der Waals surface area contributed by atoms with Crippen LogP contribution >= 0.6 is 11.3 Å². The zero-order chi connectivity index (χ0) is 11.9. The lowest BCUT2D eigenvalue weighted by atomic mass is 10.3. The number of aromatic nitrogens is 1. The summed E-state index contributed by atoms with van der Waals surface area (Å²) in [5.74, 6) is 0.907. The van der Waals surface area contributed by atoms with Gasteiger partial charge < -0.3 is 10.1 Å². The van der Waals surface area contributed by atoms with Gasteiger partial charge in [-0.15, -0.1) is 11.3 Å². The molecule has 3 nitrogen and oxygen atoms in total. The average Bonchev–Trinajstić information content (AvgIpc) is 2.88. The SMILES string of the molecule is CCCOc1ccccc1NCc1cscn1. The third-order valence-electron chi connectivity index (χ3n) is 2.29. The Bertz CT molecular complexity index is 442. The predicted octanol–water partition coefficient (Wildman–Crippen LogP) is 3.54. The molecule has 1 aromatic carbocycles. The van der Waals surface area contributed by atoms with Crippen LogP contribution in [0.15, 0.2) is 35.2 Å². The summed E-state index contributed by atoms with van der Waals surface area (Å²) in [6.45, 7) is 3.58. The van der Waals surface area contributed by atoms with Crippen LogP contribution in [0.4, 0.5) is 5.69 Å². The lowest BCUT2D eigenvalue weighted by Crippen LogP contribution is -2.03. The molecule has 0 saturated heterocycles. The Morgan fingerprint density at radius 1 is 1.35 bits per heavy atom. The molecule has 0 aliphatic rings. The Balaban J connectivity index is 1.99. The number of benzene rings is 1. The maximum absolute atomic E-state index is 5.68. The highest BCUT2D eigenvalue weighted by Crippen LogP contribution is 2.24. The van der Waals surface area contributed by atoms with Gasteiger partial charge >= 0.3 is 0 Å². The van der Waals surface area contributed by atoms with Crippen LogP contribution in [-0.4, -0.2) is 11.6 Å². The quantitative estimate of drug-likeness (QED) is 0.849. The number of para-hydroxylation sites is 2. The number of rotatable bonds is 6. The molecule has 1 N–H and O–H groups in total. The minimum absolute atomic E-state index is 0.732. The highest BCUT2D eigenvalue weighted by atomic mass is 32.1. The third kappa shape index (κ3) is 3.46. The summed E-state index contributed by atoms with van der Waals surface area (Å²) < 4.78 is 5.68. The summed E-state index contributed by atoms with van der Waals surface area (Å²) in [7, 11) is 0. The standard InChI is InChI=1S/C13H16N2OS/c1-2-7-16-13-6-4-3-5-12(13)14-8-11-9-17-10-15-11/h3-6,9-10,14H,2,7-8H2,1H3. The number of hydrogen-bond donors (Lipinski definition) is 1. The van der Waals surface area contributed by atoms with Crippen molar-refractivity contribution in [2.24, 2.45) is 0 Å². The van der Waals surface area contributed by atoms with E-state index in [1.807, 2.05) is 35.2 Å². The fourth-order valence-electron chi connectivity index (χ4n) is 1.46. The van der Waals surface area contributed by atoms with Crippen LogP contribution in [-0.2, 0) is 6.54 Å². The van der Waals surface area contributed by atoms with E-state index >= 15 is 0 Å². The Morgan fingerprint density at radius 2 is 2.24 bits per heavy atom. The van der Waals surface area contributed by atoms with E-state index in [0.29, 0.717) is 0 Å². The van der Waals surface area contributed by atoms with Gasteiger partial charge in [-0.25, -0.2) is 4.98 Å². The van der Waals surface area contributed by atoms with Crippen LogP contribution in [0.25, 0.3) is 0 Å². The molecule has 2 aromatic rings. The van der Waals surface area contributed by atoms with Gasteiger partial charge in [-0.3, -0.25) is 0 Å². The largest absolute Gasteiger partial charge is 0.491 e. The fraction of sp³-hybridized carbons (Fsp3) is 0.308. The third-order valence-corrected chi connectivity index (χ3v) is 2.93. The maximum Gasteiger partial charge on any atom is 0.142 e. The van der Waals surface area contributed by atoms with E-state index in [4.69, 9.17) is 4.74 Å². The lowest BCUT2D eigenvalue weighted by Gasteiger charge is -2.11.